The first kappa shape index (κ1) is 46.9. The van der Waals surface area contributed by atoms with Gasteiger partial charge in [-0.2, -0.15) is 0 Å². The number of halogens is 20. The molecule has 0 bridgehead atoms. The summed E-state index contributed by atoms with van der Waals surface area (Å²) in [4.78, 5) is 7.06. The molecule has 0 amide bonds. The van der Waals surface area contributed by atoms with Crippen LogP contribution in [0.4, 0.5) is 87.8 Å². The largest absolute Gasteiger partial charge is 0.207 e. The van der Waals surface area contributed by atoms with Crippen molar-refractivity contribution in [3.8, 4) is 0 Å². The highest BCUT2D eigenvalue weighted by Gasteiger charge is 2.52. The van der Waals surface area contributed by atoms with Crippen LogP contribution in [-0.2, 0) is 10.9 Å². The molecule has 0 aliphatic carbocycles. The van der Waals surface area contributed by atoms with Crippen LogP contribution in [0.3, 0.4) is 0 Å². The molecule has 7 aromatic rings. The molecule has 23 heteroatoms. The molecule has 1 aliphatic heterocycles. The first-order chi connectivity index (χ1) is 30.6. The third-order valence-electron chi connectivity index (χ3n) is 10.0. The van der Waals surface area contributed by atoms with Crippen LogP contribution >= 0.6 is 11.8 Å². The standard InChI is InChI=1S/C24BF20.C18H13S2/c26-5-1(6(27)14(35)21(42)13(5)34)25(2-7(28)15(36)22(43)16(37)8(2)29,3-9(30)17(38)23(44)18(39)10(3)31)4-11(32)19(40)24(45)20(41)12(4)33;1-2-8-14(9-3-1)20-17-12-6-4-10-15(17)19-16-11-5-7-13-18(16)20/h;1-13H/q-1;+1. The summed E-state index contributed by atoms with van der Waals surface area (Å²) in [5.41, 5.74) is -14.3. The molecule has 0 spiro atoms. The van der Waals surface area contributed by atoms with E-state index in [0.717, 1.165) is 0 Å². The van der Waals surface area contributed by atoms with E-state index >= 15 is 35.1 Å². The summed E-state index contributed by atoms with van der Waals surface area (Å²) in [5, 5.41) is 0. The summed E-state index contributed by atoms with van der Waals surface area (Å²) >= 11 is 1.89. The van der Waals surface area contributed by atoms with Crippen molar-refractivity contribution in [1.29, 1.82) is 0 Å². The van der Waals surface area contributed by atoms with Crippen molar-refractivity contribution >= 4 is 50.7 Å². The van der Waals surface area contributed by atoms with Crippen molar-refractivity contribution in [2.45, 2.75) is 24.5 Å². The Morgan fingerprint density at radius 2 is 0.477 bits per heavy atom. The Morgan fingerprint density at radius 1 is 0.262 bits per heavy atom. The smallest absolute Gasteiger partial charge is 0.200 e. The van der Waals surface area contributed by atoms with Gasteiger partial charge < -0.3 is 0 Å². The zero-order chi connectivity index (χ0) is 47.7. The monoisotopic (exact) mass is 972 g/mol. The molecule has 7 aromatic carbocycles. The van der Waals surface area contributed by atoms with Crippen LogP contribution in [0.2, 0.25) is 0 Å². The van der Waals surface area contributed by atoms with E-state index in [-0.39, 0.29) is 10.9 Å². The fourth-order valence-electron chi connectivity index (χ4n) is 7.33. The molecule has 0 radical (unpaired) electrons. The highest BCUT2D eigenvalue weighted by molar-refractivity contribution is 8.04. The average molecular weight is 972 g/mol. The topological polar surface area (TPSA) is 0 Å². The second-order valence-corrected chi connectivity index (χ2v) is 16.5. The van der Waals surface area contributed by atoms with Gasteiger partial charge >= 0.3 is 0 Å². The van der Waals surface area contributed by atoms with Crippen molar-refractivity contribution in [3.63, 3.8) is 0 Å². The maximum atomic E-state index is 15.4. The third-order valence-corrected chi connectivity index (χ3v) is 13.8. The van der Waals surface area contributed by atoms with E-state index in [1.54, 1.807) is 0 Å². The van der Waals surface area contributed by atoms with Gasteiger partial charge in [-0.1, -0.05) is 54.2 Å². The molecule has 0 saturated carbocycles. The van der Waals surface area contributed by atoms with Crippen molar-refractivity contribution in [3.05, 3.63) is 195 Å². The maximum absolute atomic E-state index is 15.4. The second-order valence-electron chi connectivity index (χ2n) is 13.4. The lowest BCUT2D eigenvalue weighted by atomic mass is 9.12. The van der Waals surface area contributed by atoms with Crippen LogP contribution < -0.4 is 21.9 Å². The molecule has 65 heavy (non-hydrogen) atoms. The minimum atomic E-state index is -7.22. The lowest BCUT2D eigenvalue weighted by molar-refractivity contribution is 0.378. The maximum Gasteiger partial charge on any atom is 0.200 e. The molecule has 0 fully saturated rings. The van der Waals surface area contributed by atoms with E-state index in [0.29, 0.717) is 0 Å². The van der Waals surface area contributed by atoms with Gasteiger partial charge in [0.2, 0.25) is 0 Å². The van der Waals surface area contributed by atoms with E-state index in [1.165, 1.54) is 24.5 Å². The summed E-state index contributed by atoms with van der Waals surface area (Å²) in [6, 6.07) is 28.4. The van der Waals surface area contributed by atoms with E-state index in [1.807, 2.05) is 11.8 Å². The summed E-state index contributed by atoms with van der Waals surface area (Å²) < 4.78 is 294. The summed E-state index contributed by atoms with van der Waals surface area (Å²) in [6.07, 6.45) is -7.22. The predicted octanol–water partition coefficient (Wildman–Crippen LogP) is 11.1. The van der Waals surface area contributed by atoms with Crippen LogP contribution in [0.25, 0.3) is 0 Å². The Bertz CT molecular complexity index is 2660. The summed E-state index contributed by atoms with van der Waals surface area (Å²) in [7, 11) is 0.0212. The van der Waals surface area contributed by atoms with E-state index in [4.69, 9.17) is 0 Å². The molecular formula is C42H13BF20S2. The molecule has 8 rings (SSSR count). The molecule has 1 heterocycles. The SMILES string of the molecule is Fc1c(F)c(F)c([B-](c2c(F)c(F)c(F)c(F)c2F)(c2c(F)c(F)c(F)c(F)c2F)c2c(F)c(F)c(F)c(F)c2F)c(F)c1F.c1ccc([S+]2c3ccccc3Sc3ccccc32)cc1. The average Bonchev–Trinajstić information content (AvgIpc) is 3.31. The Morgan fingerprint density at radius 3 is 0.738 bits per heavy atom. The van der Waals surface area contributed by atoms with Crippen molar-refractivity contribution in [1.82, 2.24) is 0 Å². The normalized spacial score (nSPS) is 12.5. The second kappa shape index (κ2) is 17.4. The Kier molecular flexibility index (Phi) is 12.5. The minimum Gasteiger partial charge on any atom is -0.207 e. The Hall–Kier alpha value is -6.10. The van der Waals surface area contributed by atoms with Crippen LogP contribution in [-0.4, -0.2) is 6.15 Å². The van der Waals surface area contributed by atoms with Gasteiger partial charge in [-0.25, -0.2) is 87.8 Å². The fourth-order valence-corrected chi connectivity index (χ4v) is 11.1. The quantitative estimate of drug-likeness (QED) is 0.0545. The van der Waals surface area contributed by atoms with Gasteiger partial charge in [-0.15, -0.1) is 21.9 Å². The molecule has 0 nitrogen and oxygen atoms in total. The van der Waals surface area contributed by atoms with Gasteiger partial charge in [0, 0.05) is 0 Å². The number of hydrogen-bond donors (Lipinski definition) is 0. The van der Waals surface area contributed by atoms with E-state index in [9.17, 15) is 52.7 Å². The van der Waals surface area contributed by atoms with Crippen LogP contribution in [0, 0.1) is 116 Å². The van der Waals surface area contributed by atoms with Crippen molar-refractivity contribution in [2.75, 3.05) is 0 Å². The van der Waals surface area contributed by atoms with Gasteiger partial charge in [0.15, 0.2) is 84.5 Å². The van der Waals surface area contributed by atoms with Crippen LogP contribution in [0.15, 0.2) is 103 Å². The Balaban J connectivity index is 0.000000258. The van der Waals surface area contributed by atoms with Gasteiger partial charge in [0.05, 0.1) is 9.79 Å². The third kappa shape index (κ3) is 7.08. The predicted molar refractivity (Wildman–Crippen MR) is 195 cm³/mol. The Labute approximate surface area is 357 Å². The molecule has 336 valence electrons. The lowest BCUT2D eigenvalue weighted by Crippen LogP contribution is -2.81. The van der Waals surface area contributed by atoms with Gasteiger partial charge in [-0.05, 0) is 36.4 Å². The highest BCUT2D eigenvalue weighted by Crippen LogP contribution is 2.48. The van der Waals surface area contributed by atoms with Crippen LogP contribution in [0.1, 0.15) is 0 Å². The molecule has 1 aliphatic rings. The van der Waals surface area contributed by atoms with Gasteiger partial charge in [0.25, 0.3) is 0 Å². The minimum absolute atomic E-state index is 0.0212. The van der Waals surface area contributed by atoms with E-state index in [2.05, 4.69) is 78.9 Å². The molecule has 0 saturated heterocycles. The number of rotatable bonds is 5. The highest BCUT2D eigenvalue weighted by atomic mass is 32.2. The molecule has 0 aromatic heterocycles. The summed E-state index contributed by atoms with van der Waals surface area (Å²) in [5.74, 6) is -71.4. The lowest BCUT2D eigenvalue weighted by Gasteiger charge is -2.44. The molecule has 0 atom stereocenters. The van der Waals surface area contributed by atoms with E-state index < -0.39 is 144 Å². The zero-order valence-corrected chi connectivity index (χ0v) is 32.6. The number of benzene rings is 7. The summed E-state index contributed by atoms with van der Waals surface area (Å²) in [6.45, 7) is 0. The van der Waals surface area contributed by atoms with Gasteiger partial charge in [0.1, 0.15) is 63.6 Å². The first-order valence-electron chi connectivity index (χ1n) is 17.5. The fraction of sp³-hybridized carbons (Fsp3) is 0. The zero-order valence-electron chi connectivity index (χ0n) is 31.0. The van der Waals surface area contributed by atoms with Gasteiger partial charge in [-0.3, -0.25) is 0 Å². The first-order valence-corrected chi connectivity index (χ1v) is 19.6. The van der Waals surface area contributed by atoms with Crippen molar-refractivity contribution in [2.24, 2.45) is 0 Å². The van der Waals surface area contributed by atoms with Crippen LogP contribution in [0.5, 0.6) is 0 Å². The molecule has 0 N–H and O–H groups in total. The number of fused-ring (bicyclic) bond motifs is 2. The molecule has 0 unspecified atom stereocenters. The van der Waals surface area contributed by atoms with Crippen molar-refractivity contribution < 1.29 is 87.8 Å². The molecular weight excluding hydrogens is 959 g/mol. The number of hydrogen-bond acceptors (Lipinski definition) is 1.